The molecule has 0 saturated heterocycles. The monoisotopic (exact) mass is 312 g/mol. The summed E-state index contributed by atoms with van der Waals surface area (Å²) in [6.45, 7) is 2.02. The molecule has 0 amide bonds. The van der Waals surface area contributed by atoms with E-state index in [4.69, 9.17) is 0 Å². The molecule has 0 aliphatic heterocycles. The van der Waals surface area contributed by atoms with Gasteiger partial charge in [-0.1, -0.05) is 6.92 Å². The Balaban J connectivity index is 1.63. The lowest BCUT2D eigenvalue weighted by Crippen LogP contribution is -2.02. The van der Waals surface area contributed by atoms with Crippen LogP contribution in [-0.2, 0) is 6.42 Å². The number of rotatable bonds is 3. The van der Waals surface area contributed by atoms with Crippen LogP contribution in [0, 0.1) is 11.6 Å². The number of fused-ring (bicyclic) bond motifs is 2. The summed E-state index contributed by atoms with van der Waals surface area (Å²) in [7, 11) is 0. The summed E-state index contributed by atoms with van der Waals surface area (Å²) in [5.74, 6) is 1.03. The molecule has 23 heavy (non-hydrogen) atoms. The number of imidazole rings is 2. The minimum absolute atomic E-state index is 0.0656. The molecule has 0 aliphatic rings. The molecule has 1 atom stereocenters. The number of hydrogen-bond donors (Lipinski definition) is 2. The average Bonchev–Trinajstić information content (AvgIpc) is 3.09. The minimum atomic E-state index is -0.292. The van der Waals surface area contributed by atoms with Crippen molar-refractivity contribution in [1.82, 2.24) is 19.9 Å². The van der Waals surface area contributed by atoms with Gasteiger partial charge in [0.2, 0.25) is 0 Å². The number of aromatic nitrogens is 4. The summed E-state index contributed by atoms with van der Waals surface area (Å²) >= 11 is 0. The lowest BCUT2D eigenvalue weighted by molar-refractivity contribution is 0.629. The van der Waals surface area contributed by atoms with Gasteiger partial charge in [0.15, 0.2) is 0 Å². The van der Waals surface area contributed by atoms with Crippen molar-refractivity contribution in [2.24, 2.45) is 0 Å². The second-order valence-electron chi connectivity index (χ2n) is 5.73. The van der Waals surface area contributed by atoms with E-state index in [9.17, 15) is 8.78 Å². The Morgan fingerprint density at radius 1 is 0.913 bits per heavy atom. The van der Waals surface area contributed by atoms with Crippen LogP contribution in [0.2, 0.25) is 0 Å². The summed E-state index contributed by atoms with van der Waals surface area (Å²) < 4.78 is 26.5. The highest BCUT2D eigenvalue weighted by atomic mass is 19.1. The van der Waals surface area contributed by atoms with Gasteiger partial charge < -0.3 is 9.97 Å². The maximum absolute atomic E-state index is 13.3. The molecule has 2 aromatic carbocycles. The molecule has 0 fully saturated rings. The van der Waals surface area contributed by atoms with Crippen LogP contribution >= 0.6 is 0 Å². The molecular weight excluding hydrogens is 298 g/mol. The van der Waals surface area contributed by atoms with Gasteiger partial charge in [0, 0.05) is 12.3 Å². The lowest BCUT2D eigenvalue weighted by atomic mass is 10.1. The molecule has 0 spiro atoms. The fourth-order valence-electron chi connectivity index (χ4n) is 2.75. The second-order valence-corrected chi connectivity index (χ2v) is 5.73. The Morgan fingerprint density at radius 3 is 2.22 bits per heavy atom. The zero-order valence-electron chi connectivity index (χ0n) is 12.4. The van der Waals surface area contributed by atoms with E-state index in [2.05, 4.69) is 19.9 Å². The predicted molar refractivity (Wildman–Crippen MR) is 84.2 cm³/mol. The number of aromatic amines is 2. The maximum Gasteiger partial charge on any atom is 0.125 e. The second kappa shape index (κ2) is 5.15. The van der Waals surface area contributed by atoms with Gasteiger partial charge in [0.05, 0.1) is 22.1 Å². The van der Waals surface area contributed by atoms with Gasteiger partial charge in [-0.2, -0.15) is 0 Å². The molecule has 2 heterocycles. The largest absolute Gasteiger partial charge is 0.342 e. The van der Waals surface area contributed by atoms with Gasteiger partial charge in [-0.15, -0.1) is 0 Å². The van der Waals surface area contributed by atoms with Crippen LogP contribution in [0.25, 0.3) is 22.1 Å². The highest BCUT2D eigenvalue weighted by Crippen LogP contribution is 2.22. The molecular formula is C17H14F2N4. The number of H-pyrrole nitrogens is 2. The Kier molecular flexibility index (Phi) is 3.11. The first-order valence-electron chi connectivity index (χ1n) is 7.38. The van der Waals surface area contributed by atoms with Gasteiger partial charge in [0.1, 0.15) is 23.3 Å². The van der Waals surface area contributed by atoms with Crippen molar-refractivity contribution < 1.29 is 8.78 Å². The fraction of sp³-hybridized carbons (Fsp3) is 0.176. The molecule has 116 valence electrons. The first-order valence-corrected chi connectivity index (χ1v) is 7.38. The van der Waals surface area contributed by atoms with E-state index >= 15 is 0 Å². The standard InChI is InChI=1S/C17H14F2N4/c1-9(17-22-13-5-3-11(19)8-15(13)23-17)6-16-20-12-4-2-10(18)7-14(12)21-16/h2-5,7-9H,6H2,1H3,(H,20,21)(H,22,23). The van der Waals surface area contributed by atoms with Crippen LogP contribution in [-0.4, -0.2) is 19.9 Å². The van der Waals surface area contributed by atoms with Crippen LogP contribution in [0.1, 0.15) is 24.5 Å². The van der Waals surface area contributed by atoms with Crippen LogP contribution in [0.3, 0.4) is 0 Å². The molecule has 4 aromatic rings. The molecule has 4 nitrogen and oxygen atoms in total. The third kappa shape index (κ3) is 2.56. The van der Waals surface area contributed by atoms with Gasteiger partial charge in [-0.05, 0) is 36.4 Å². The summed E-state index contributed by atoms with van der Waals surface area (Å²) in [5.41, 5.74) is 2.83. The van der Waals surface area contributed by atoms with Crippen LogP contribution < -0.4 is 0 Å². The van der Waals surface area contributed by atoms with E-state index < -0.39 is 0 Å². The molecule has 0 aliphatic carbocycles. The smallest absolute Gasteiger partial charge is 0.125 e. The van der Waals surface area contributed by atoms with Gasteiger partial charge in [-0.25, -0.2) is 18.7 Å². The molecule has 0 radical (unpaired) electrons. The Morgan fingerprint density at radius 2 is 1.52 bits per heavy atom. The average molecular weight is 312 g/mol. The fourth-order valence-corrected chi connectivity index (χ4v) is 2.75. The van der Waals surface area contributed by atoms with Crippen molar-refractivity contribution in [3.05, 3.63) is 59.7 Å². The van der Waals surface area contributed by atoms with Crippen LogP contribution in [0.15, 0.2) is 36.4 Å². The number of nitrogens with zero attached hydrogens (tertiary/aromatic N) is 2. The molecule has 2 N–H and O–H groups in total. The van der Waals surface area contributed by atoms with E-state index in [1.165, 1.54) is 24.3 Å². The Hall–Kier alpha value is -2.76. The highest BCUT2D eigenvalue weighted by molar-refractivity contribution is 5.75. The van der Waals surface area contributed by atoms with Crippen molar-refractivity contribution in [1.29, 1.82) is 0 Å². The number of benzene rings is 2. The van der Waals surface area contributed by atoms with Crippen molar-refractivity contribution in [2.45, 2.75) is 19.3 Å². The number of nitrogens with one attached hydrogen (secondary N) is 2. The van der Waals surface area contributed by atoms with Crippen LogP contribution in [0.4, 0.5) is 8.78 Å². The van der Waals surface area contributed by atoms with E-state index in [-0.39, 0.29) is 17.6 Å². The molecule has 2 aromatic heterocycles. The highest BCUT2D eigenvalue weighted by Gasteiger charge is 2.14. The summed E-state index contributed by atoms with van der Waals surface area (Å²) in [5, 5.41) is 0. The van der Waals surface area contributed by atoms with Crippen LogP contribution in [0.5, 0.6) is 0 Å². The number of halogens is 2. The van der Waals surface area contributed by atoms with Gasteiger partial charge in [-0.3, -0.25) is 0 Å². The van der Waals surface area contributed by atoms with E-state index in [0.717, 1.165) is 22.7 Å². The van der Waals surface area contributed by atoms with Crippen molar-refractivity contribution in [2.75, 3.05) is 0 Å². The lowest BCUT2D eigenvalue weighted by Gasteiger charge is -2.05. The summed E-state index contributed by atoms with van der Waals surface area (Å²) in [6, 6.07) is 8.96. The third-order valence-corrected chi connectivity index (χ3v) is 3.92. The van der Waals surface area contributed by atoms with Gasteiger partial charge >= 0.3 is 0 Å². The first-order chi connectivity index (χ1) is 11.1. The molecule has 0 saturated carbocycles. The predicted octanol–water partition coefficient (Wildman–Crippen LogP) is 4.06. The van der Waals surface area contributed by atoms with Crippen molar-refractivity contribution in [3.63, 3.8) is 0 Å². The maximum atomic E-state index is 13.3. The molecule has 0 bridgehead atoms. The summed E-state index contributed by atoms with van der Waals surface area (Å²) in [6.07, 6.45) is 0.624. The summed E-state index contributed by atoms with van der Waals surface area (Å²) in [4.78, 5) is 15.2. The number of hydrogen-bond acceptors (Lipinski definition) is 2. The zero-order chi connectivity index (χ0) is 16.0. The van der Waals surface area contributed by atoms with Crippen molar-refractivity contribution in [3.8, 4) is 0 Å². The van der Waals surface area contributed by atoms with Gasteiger partial charge in [0.25, 0.3) is 0 Å². The first kappa shape index (κ1) is 13.9. The third-order valence-electron chi connectivity index (χ3n) is 3.92. The molecule has 1 unspecified atom stereocenters. The zero-order valence-corrected chi connectivity index (χ0v) is 12.4. The minimum Gasteiger partial charge on any atom is -0.342 e. The van der Waals surface area contributed by atoms with E-state index in [0.29, 0.717) is 17.5 Å². The Labute approximate surface area is 130 Å². The normalized spacial score (nSPS) is 13.0. The molecule has 4 rings (SSSR count). The SMILES string of the molecule is CC(Cc1nc2ccc(F)cc2[nH]1)c1nc2ccc(F)cc2[nH]1. The molecule has 6 heteroatoms. The van der Waals surface area contributed by atoms with Crippen molar-refractivity contribution >= 4 is 22.1 Å². The quantitative estimate of drug-likeness (QED) is 0.599. The topological polar surface area (TPSA) is 57.4 Å². The van der Waals surface area contributed by atoms with E-state index in [1.54, 1.807) is 12.1 Å². The Bertz CT molecular complexity index is 1000. The van der Waals surface area contributed by atoms with E-state index in [1.807, 2.05) is 6.92 Å².